The van der Waals surface area contributed by atoms with E-state index in [2.05, 4.69) is 25.7 Å². The van der Waals surface area contributed by atoms with Crippen molar-refractivity contribution in [3.63, 3.8) is 0 Å². The fourth-order valence-corrected chi connectivity index (χ4v) is 1.79. The molecular weight excluding hydrogens is 170 g/mol. The lowest BCUT2D eigenvalue weighted by Crippen LogP contribution is -2.34. The molecule has 0 spiro atoms. The lowest BCUT2D eigenvalue weighted by atomic mass is 10.1. The number of aromatic amines is 1. The van der Waals surface area contributed by atoms with Crippen molar-refractivity contribution in [2.45, 2.75) is 24.5 Å². The second-order valence-electron chi connectivity index (χ2n) is 2.99. The van der Waals surface area contributed by atoms with Crippen LogP contribution in [-0.4, -0.2) is 32.3 Å². The zero-order chi connectivity index (χ0) is 8.44. The van der Waals surface area contributed by atoms with E-state index in [1.54, 1.807) is 6.20 Å². The van der Waals surface area contributed by atoms with E-state index < -0.39 is 5.22 Å². The van der Waals surface area contributed by atoms with Crippen molar-refractivity contribution in [3.05, 3.63) is 11.9 Å². The third-order valence-corrected chi connectivity index (χ3v) is 2.75. The minimum atomic E-state index is -0.398. The zero-order valence-electron chi connectivity index (χ0n) is 6.71. The van der Waals surface area contributed by atoms with Gasteiger partial charge in [0.2, 0.25) is 0 Å². The van der Waals surface area contributed by atoms with Gasteiger partial charge in [-0.05, 0) is 19.3 Å². The maximum absolute atomic E-state index is 5.60. The van der Waals surface area contributed by atoms with E-state index in [0.29, 0.717) is 0 Å². The molecule has 0 bridgehead atoms. The Balaban J connectivity index is 2.19. The molecule has 1 N–H and O–H groups in total. The first-order valence-corrected chi connectivity index (χ1v) is 4.56. The zero-order valence-corrected chi connectivity index (χ0v) is 7.71. The third kappa shape index (κ3) is 1.29. The quantitative estimate of drug-likeness (QED) is 0.633. The van der Waals surface area contributed by atoms with Gasteiger partial charge >= 0.3 is 0 Å². The summed E-state index contributed by atoms with van der Waals surface area (Å²) >= 11 is 0. The van der Waals surface area contributed by atoms with E-state index in [-0.39, 0.29) is 0 Å². The van der Waals surface area contributed by atoms with Crippen LogP contribution in [-0.2, 0) is 9.96 Å². The molecule has 0 aromatic carbocycles. The Morgan fingerprint density at radius 1 is 1.58 bits per heavy atom. The van der Waals surface area contributed by atoms with Gasteiger partial charge in [-0.15, -0.1) is 0 Å². The summed E-state index contributed by atoms with van der Waals surface area (Å²) in [5, 5.41) is 9.94. The van der Waals surface area contributed by atoms with Gasteiger partial charge in [-0.25, -0.2) is 0 Å². The molecule has 1 aliphatic rings. The summed E-state index contributed by atoms with van der Waals surface area (Å²) in [6.45, 7) is 0.788. The van der Waals surface area contributed by atoms with Gasteiger partial charge in [0.15, 0.2) is 0 Å². The number of rotatable bonds is 1. The predicted octanol–water partition coefficient (Wildman–Crippen LogP) is 0.326. The average molecular weight is 180 g/mol. The molecule has 12 heavy (non-hydrogen) atoms. The molecule has 0 saturated carbocycles. The Bertz CT molecular complexity index is 243. The molecule has 4 nitrogen and oxygen atoms in total. The number of hydrogen-bond acceptors (Lipinski definition) is 3. The van der Waals surface area contributed by atoms with E-state index in [0.717, 1.165) is 31.6 Å². The fourth-order valence-electron chi connectivity index (χ4n) is 1.39. The topological polar surface area (TPSA) is 50.8 Å². The average Bonchev–Trinajstić information content (AvgIpc) is 2.58. The van der Waals surface area contributed by atoms with Crippen LogP contribution >= 0.6 is 0 Å². The van der Waals surface area contributed by atoms with Crippen molar-refractivity contribution in [1.82, 2.24) is 15.4 Å². The second-order valence-corrected chi connectivity index (χ2v) is 3.80. The first-order chi connectivity index (χ1) is 5.81. The van der Waals surface area contributed by atoms with E-state index in [1.807, 2.05) is 0 Å². The van der Waals surface area contributed by atoms with Crippen molar-refractivity contribution in [3.8, 4) is 0 Å². The maximum Gasteiger partial charge on any atom is 0.110 e. The molecule has 1 aromatic rings. The van der Waals surface area contributed by atoms with E-state index in [1.165, 1.54) is 0 Å². The molecule has 5 heteroatoms. The molecule has 1 saturated heterocycles. The van der Waals surface area contributed by atoms with Crippen molar-refractivity contribution < 1.29 is 4.74 Å². The summed E-state index contributed by atoms with van der Waals surface area (Å²) < 4.78 is 5.60. The van der Waals surface area contributed by atoms with Crippen LogP contribution in [0.15, 0.2) is 6.20 Å². The molecule has 1 aliphatic heterocycles. The minimum absolute atomic E-state index is 0.398. The van der Waals surface area contributed by atoms with Gasteiger partial charge < -0.3 is 4.74 Å². The lowest BCUT2D eigenvalue weighted by Gasteiger charge is -2.31. The van der Waals surface area contributed by atoms with Gasteiger partial charge in [-0.3, -0.25) is 0 Å². The highest BCUT2D eigenvalue weighted by atomic mass is 28.1. The molecule has 1 aromatic heterocycles. The van der Waals surface area contributed by atoms with Crippen LogP contribution in [0.25, 0.3) is 0 Å². The largest absolute Gasteiger partial charge is 0.373 e. The van der Waals surface area contributed by atoms with Gasteiger partial charge in [0.25, 0.3) is 0 Å². The van der Waals surface area contributed by atoms with Crippen LogP contribution in [0.5, 0.6) is 0 Å². The Morgan fingerprint density at radius 2 is 2.50 bits per heavy atom. The number of hydrogen-bond donors (Lipinski definition) is 1. The maximum atomic E-state index is 5.60. The first-order valence-electron chi connectivity index (χ1n) is 4.06. The molecule has 1 fully saturated rings. The monoisotopic (exact) mass is 180 g/mol. The van der Waals surface area contributed by atoms with Crippen molar-refractivity contribution >= 4 is 10.2 Å². The molecule has 2 rings (SSSR count). The highest BCUT2D eigenvalue weighted by Gasteiger charge is 2.32. The van der Waals surface area contributed by atoms with Crippen molar-refractivity contribution in [2.24, 2.45) is 0 Å². The minimum Gasteiger partial charge on any atom is -0.373 e. The molecule has 0 amide bonds. The standard InChI is InChI=1S/C7H10N3OSi/c12-7(3-1-2-4-11-7)6-5-8-10-9-6/h5H,1-4H2,(H,8,9,10). The lowest BCUT2D eigenvalue weighted by molar-refractivity contribution is -0.0238. The number of H-pyrrole nitrogens is 1. The molecule has 63 valence electrons. The van der Waals surface area contributed by atoms with Crippen LogP contribution < -0.4 is 0 Å². The highest BCUT2D eigenvalue weighted by Crippen LogP contribution is 2.29. The van der Waals surface area contributed by atoms with Gasteiger partial charge in [-0.2, -0.15) is 15.4 Å². The molecular formula is C7H10N3OSi. The summed E-state index contributed by atoms with van der Waals surface area (Å²) in [7, 11) is 3.59. The summed E-state index contributed by atoms with van der Waals surface area (Å²) in [5.74, 6) is 0. The summed E-state index contributed by atoms with van der Waals surface area (Å²) in [5.41, 5.74) is 0.832. The third-order valence-electron chi connectivity index (χ3n) is 2.10. The van der Waals surface area contributed by atoms with Gasteiger partial charge in [-0.1, -0.05) is 0 Å². The van der Waals surface area contributed by atoms with Gasteiger partial charge in [0.1, 0.15) is 5.69 Å². The molecule has 2 heterocycles. The number of ether oxygens (including phenoxy) is 1. The van der Waals surface area contributed by atoms with Crippen LogP contribution in [0.4, 0.5) is 0 Å². The summed E-state index contributed by atoms with van der Waals surface area (Å²) in [4.78, 5) is 0. The van der Waals surface area contributed by atoms with Crippen LogP contribution in [0.1, 0.15) is 25.0 Å². The Hall–Kier alpha value is -0.683. The number of aromatic nitrogens is 3. The van der Waals surface area contributed by atoms with Gasteiger partial charge in [0.05, 0.1) is 21.7 Å². The normalized spacial score (nSPS) is 30.4. The fraction of sp³-hybridized carbons (Fsp3) is 0.714. The number of nitrogens with one attached hydrogen (secondary N) is 1. The molecule has 1 unspecified atom stereocenters. The van der Waals surface area contributed by atoms with Crippen LogP contribution in [0, 0.1) is 0 Å². The van der Waals surface area contributed by atoms with Crippen molar-refractivity contribution in [2.75, 3.05) is 6.61 Å². The van der Waals surface area contributed by atoms with E-state index >= 15 is 0 Å². The number of nitrogens with zero attached hydrogens (tertiary/aromatic N) is 2. The van der Waals surface area contributed by atoms with Gasteiger partial charge in [0, 0.05) is 6.61 Å². The van der Waals surface area contributed by atoms with Crippen LogP contribution in [0.2, 0.25) is 0 Å². The SMILES string of the molecule is [Si]C1(c2cn[nH]n2)CCCCO1. The smallest absolute Gasteiger partial charge is 0.110 e. The summed E-state index contributed by atoms with van der Waals surface area (Å²) in [6.07, 6.45) is 4.94. The molecule has 0 aliphatic carbocycles. The van der Waals surface area contributed by atoms with Crippen molar-refractivity contribution in [1.29, 1.82) is 0 Å². The Kier molecular flexibility index (Phi) is 1.98. The Morgan fingerprint density at radius 3 is 3.08 bits per heavy atom. The predicted molar refractivity (Wildman–Crippen MR) is 43.6 cm³/mol. The van der Waals surface area contributed by atoms with E-state index in [9.17, 15) is 0 Å². The summed E-state index contributed by atoms with van der Waals surface area (Å²) in [6, 6.07) is 0. The highest BCUT2D eigenvalue weighted by molar-refractivity contribution is 6.14. The first kappa shape index (κ1) is 7.94. The second kappa shape index (κ2) is 2.99. The molecule has 3 radical (unpaired) electrons. The Labute approximate surface area is 74.1 Å². The van der Waals surface area contributed by atoms with E-state index in [4.69, 9.17) is 4.74 Å². The molecule has 1 atom stereocenters. The van der Waals surface area contributed by atoms with Crippen LogP contribution in [0.3, 0.4) is 0 Å².